The Hall–Kier alpha value is -0.160. The van der Waals surface area contributed by atoms with E-state index in [0.29, 0.717) is 0 Å². The Bertz CT molecular complexity index is 238. The molecule has 0 spiro atoms. The van der Waals surface area contributed by atoms with Crippen LogP contribution in [0, 0.1) is 0 Å². The second-order valence-electron chi connectivity index (χ2n) is 6.69. The molecular weight excluding hydrogens is 228 g/mol. The summed E-state index contributed by atoms with van der Waals surface area (Å²) in [5, 5.41) is 0. The lowest BCUT2D eigenvalue weighted by atomic mass is 9.98. The van der Waals surface area contributed by atoms with Crippen molar-refractivity contribution in [1.82, 2.24) is 4.90 Å². The summed E-state index contributed by atoms with van der Waals surface area (Å²) in [4.78, 5) is 2.43. The van der Waals surface area contributed by atoms with E-state index in [4.69, 9.17) is 15.2 Å². The third-order valence-electron chi connectivity index (χ3n) is 3.18. The van der Waals surface area contributed by atoms with Gasteiger partial charge in [0.25, 0.3) is 0 Å². The molecule has 0 amide bonds. The van der Waals surface area contributed by atoms with Crippen LogP contribution < -0.4 is 5.73 Å². The Morgan fingerprint density at radius 3 is 2.28 bits per heavy atom. The summed E-state index contributed by atoms with van der Waals surface area (Å²) in [6.07, 6.45) is 2.06. The van der Waals surface area contributed by atoms with Gasteiger partial charge >= 0.3 is 0 Å². The van der Waals surface area contributed by atoms with Crippen LogP contribution in [0.25, 0.3) is 0 Å². The van der Waals surface area contributed by atoms with Gasteiger partial charge in [-0.25, -0.2) is 0 Å². The Labute approximate surface area is 112 Å². The molecule has 108 valence electrons. The maximum absolute atomic E-state index is 6.18. The zero-order chi connectivity index (χ0) is 13.8. The van der Waals surface area contributed by atoms with E-state index in [2.05, 4.69) is 32.6 Å². The third-order valence-corrected chi connectivity index (χ3v) is 3.18. The van der Waals surface area contributed by atoms with Crippen LogP contribution in [0.5, 0.6) is 0 Å². The quantitative estimate of drug-likeness (QED) is 0.736. The molecule has 0 radical (unpaired) electrons. The molecule has 1 aliphatic rings. The molecule has 1 heterocycles. The van der Waals surface area contributed by atoms with Crippen molar-refractivity contribution in [2.24, 2.45) is 5.73 Å². The fraction of sp³-hybridized carbons (Fsp3) is 1.00. The molecule has 0 saturated carbocycles. The molecule has 0 bridgehead atoms. The fourth-order valence-corrected chi connectivity index (χ4v) is 2.99. The highest BCUT2D eigenvalue weighted by Crippen LogP contribution is 2.28. The van der Waals surface area contributed by atoms with Crippen LogP contribution in [0.1, 0.15) is 40.5 Å². The van der Waals surface area contributed by atoms with Gasteiger partial charge in [-0.2, -0.15) is 0 Å². The number of hydrogen-bond donors (Lipinski definition) is 1. The van der Waals surface area contributed by atoms with Crippen LogP contribution in [0.15, 0.2) is 0 Å². The predicted octanol–water partition coefficient (Wildman–Crippen LogP) is 1.63. The summed E-state index contributed by atoms with van der Waals surface area (Å²) in [6.45, 7) is 12.2. The first-order valence-corrected chi connectivity index (χ1v) is 6.91. The maximum atomic E-state index is 6.18. The smallest absolute Gasteiger partial charge is 0.0760 e. The molecule has 18 heavy (non-hydrogen) atoms. The molecule has 1 atom stereocenters. The number of methoxy groups -OCH3 is 1. The minimum Gasteiger partial charge on any atom is -0.385 e. The lowest BCUT2D eigenvalue weighted by Gasteiger charge is -2.47. The van der Waals surface area contributed by atoms with Crippen LogP contribution in [0.4, 0.5) is 0 Å². The second kappa shape index (κ2) is 6.33. The first kappa shape index (κ1) is 15.9. The van der Waals surface area contributed by atoms with Crippen LogP contribution in [-0.4, -0.2) is 55.5 Å². The van der Waals surface area contributed by atoms with Crippen LogP contribution in [0.2, 0.25) is 0 Å². The zero-order valence-electron chi connectivity index (χ0n) is 12.7. The summed E-state index contributed by atoms with van der Waals surface area (Å²) in [7, 11) is 1.73. The molecule has 1 rings (SSSR count). The van der Waals surface area contributed by atoms with Crippen molar-refractivity contribution in [2.45, 2.75) is 57.8 Å². The van der Waals surface area contributed by atoms with Gasteiger partial charge in [0.05, 0.1) is 11.2 Å². The lowest BCUT2D eigenvalue weighted by molar-refractivity contribution is -0.180. The normalized spacial score (nSPS) is 25.0. The Morgan fingerprint density at radius 2 is 1.78 bits per heavy atom. The molecule has 1 fully saturated rings. The average Bonchev–Trinajstić information content (AvgIpc) is 2.12. The van der Waals surface area contributed by atoms with E-state index in [-0.39, 0.29) is 17.2 Å². The number of nitrogens with zero attached hydrogens (tertiary/aromatic N) is 1. The summed E-state index contributed by atoms with van der Waals surface area (Å²) in [6, 6.07) is 0.227. The summed E-state index contributed by atoms with van der Waals surface area (Å²) < 4.78 is 11.1. The van der Waals surface area contributed by atoms with E-state index in [1.54, 1.807) is 7.11 Å². The molecule has 1 aliphatic heterocycles. The van der Waals surface area contributed by atoms with Crippen molar-refractivity contribution >= 4 is 0 Å². The molecule has 1 saturated heterocycles. The van der Waals surface area contributed by atoms with E-state index in [1.165, 1.54) is 0 Å². The highest BCUT2D eigenvalue weighted by atomic mass is 16.5. The number of morpholine rings is 1. The first-order chi connectivity index (χ1) is 8.24. The monoisotopic (exact) mass is 258 g/mol. The molecule has 1 unspecified atom stereocenters. The first-order valence-electron chi connectivity index (χ1n) is 6.91. The topological polar surface area (TPSA) is 47.7 Å². The summed E-state index contributed by atoms with van der Waals surface area (Å²) >= 11 is 0. The van der Waals surface area contributed by atoms with E-state index in [0.717, 1.165) is 39.1 Å². The fourth-order valence-electron chi connectivity index (χ4n) is 2.99. The van der Waals surface area contributed by atoms with Crippen molar-refractivity contribution < 1.29 is 9.47 Å². The molecule has 0 aromatic heterocycles. The van der Waals surface area contributed by atoms with Crippen molar-refractivity contribution in [3.63, 3.8) is 0 Å². The number of ether oxygens (including phenoxy) is 2. The zero-order valence-corrected chi connectivity index (χ0v) is 12.7. The maximum Gasteiger partial charge on any atom is 0.0760 e. The van der Waals surface area contributed by atoms with E-state index < -0.39 is 0 Å². The largest absolute Gasteiger partial charge is 0.385 e. The van der Waals surface area contributed by atoms with Gasteiger partial charge in [-0.15, -0.1) is 0 Å². The van der Waals surface area contributed by atoms with E-state index in [1.807, 2.05) is 0 Å². The van der Waals surface area contributed by atoms with Gasteiger partial charge < -0.3 is 15.2 Å². The second-order valence-corrected chi connectivity index (χ2v) is 6.69. The van der Waals surface area contributed by atoms with Crippen LogP contribution in [-0.2, 0) is 9.47 Å². The highest BCUT2D eigenvalue weighted by molar-refractivity contribution is 4.90. The molecule has 4 nitrogen and oxygen atoms in total. The molecule has 0 aromatic rings. The molecule has 0 aromatic carbocycles. The van der Waals surface area contributed by atoms with Crippen molar-refractivity contribution in [1.29, 1.82) is 0 Å². The Kier molecular flexibility index (Phi) is 5.59. The lowest BCUT2D eigenvalue weighted by Crippen LogP contribution is -2.58. The van der Waals surface area contributed by atoms with Gasteiger partial charge in [0.2, 0.25) is 0 Å². The molecular formula is C14H30N2O2. The standard InChI is InChI=1S/C14H30N2O2/c1-13(2)10-16(11-14(3,4)18-13)9-12(15)7-6-8-17-5/h12H,6-11,15H2,1-5H3. The van der Waals surface area contributed by atoms with Crippen molar-refractivity contribution in [2.75, 3.05) is 33.4 Å². The van der Waals surface area contributed by atoms with Gasteiger partial charge in [0.15, 0.2) is 0 Å². The Balaban J connectivity index is 2.41. The van der Waals surface area contributed by atoms with Gasteiger partial charge in [-0.3, -0.25) is 4.90 Å². The van der Waals surface area contributed by atoms with Gasteiger partial charge in [0.1, 0.15) is 0 Å². The van der Waals surface area contributed by atoms with Gasteiger partial charge in [-0.05, 0) is 40.5 Å². The predicted molar refractivity (Wildman–Crippen MR) is 74.8 cm³/mol. The van der Waals surface area contributed by atoms with Crippen molar-refractivity contribution in [3.05, 3.63) is 0 Å². The number of nitrogens with two attached hydrogens (primary N) is 1. The summed E-state index contributed by atoms with van der Waals surface area (Å²) in [5.74, 6) is 0. The number of rotatable bonds is 6. The van der Waals surface area contributed by atoms with E-state index >= 15 is 0 Å². The Morgan fingerprint density at radius 1 is 1.22 bits per heavy atom. The molecule has 2 N–H and O–H groups in total. The SMILES string of the molecule is COCCCC(N)CN1CC(C)(C)OC(C)(C)C1. The molecule has 0 aliphatic carbocycles. The van der Waals surface area contributed by atoms with Crippen LogP contribution in [0.3, 0.4) is 0 Å². The molecule has 4 heteroatoms. The highest BCUT2D eigenvalue weighted by Gasteiger charge is 2.38. The van der Waals surface area contributed by atoms with Gasteiger partial charge in [0, 0.05) is 39.4 Å². The number of hydrogen-bond acceptors (Lipinski definition) is 4. The third kappa shape index (κ3) is 5.65. The van der Waals surface area contributed by atoms with Gasteiger partial charge in [-0.1, -0.05) is 0 Å². The minimum atomic E-state index is -0.0893. The summed E-state index contributed by atoms with van der Waals surface area (Å²) in [5.41, 5.74) is 6.01. The van der Waals surface area contributed by atoms with E-state index in [9.17, 15) is 0 Å². The average molecular weight is 258 g/mol. The van der Waals surface area contributed by atoms with Crippen LogP contribution >= 0.6 is 0 Å². The minimum absolute atomic E-state index is 0.0893. The van der Waals surface area contributed by atoms with Crippen molar-refractivity contribution in [3.8, 4) is 0 Å².